The SMILES string of the molecule is CC1CC(C2NCCC2C2CC3CNC(C=O)N3C2)CCC1F. The molecule has 130 valence electrons. The number of nitrogens with zero attached hydrogens (tertiary/aromatic N) is 1. The molecule has 0 aromatic rings. The van der Waals surface area contributed by atoms with Gasteiger partial charge in [-0.1, -0.05) is 6.92 Å². The third-order valence-electron chi connectivity index (χ3n) is 7.08. The molecule has 3 aliphatic heterocycles. The number of hydrogen-bond donors (Lipinski definition) is 2. The maximum Gasteiger partial charge on any atom is 0.151 e. The van der Waals surface area contributed by atoms with Crippen molar-refractivity contribution in [2.24, 2.45) is 23.7 Å². The molecule has 23 heavy (non-hydrogen) atoms. The predicted octanol–water partition coefficient (Wildman–Crippen LogP) is 1.56. The average molecular weight is 323 g/mol. The first-order valence-electron chi connectivity index (χ1n) is 9.49. The predicted molar refractivity (Wildman–Crippen MR) is 87.8 cm³/mol. The zero-order valence-electron chi connectivity index (χ0n) is 14.1. The summed E-state index contributed by atoms with van der Waals surface area (Å²) < 4.78 is 13.8. The van der Waals surface area contributed by atoms with Gasteiger partial charge in [-0.25, -0.2) is 4.39 Å². The molecule has 8 atom stereocenters. The van der Waals surface area contributed by atoms with E-state index in [0.29, 0.717) is 29.8 Å². The minimum atomic E-state index is -0.595. The van der Waals surface area contributed by atoms with Crippen LogP contribution >= 0.6 is 0 Å². The third kappa shape index (κ3) is 2.85. The lowest BCUT2D eigenvalue weighted by Crippen LogP contribution is -2.43. The summed E-state index contributed by atoms with van der Waals surface area (Å²) >= 11 is 0. The van der Waals surface area contributed by atoms with E-state index in [9.17, 15) is 9.18 Å². The van der Waals surface area contributed by atoms with Gasteiger partial charge in [-0.2, -0.15) is 0 Å². The first-order valence-corrected chi connectivity index (χ1v) is 9.49. The van der Waals surface area contributed by atoms with Crippen LogP contribution in [0.3, 0.4) is 0 Å². The first kappa shape index (κ1) is 16.0. The molecule has 3 saturated heterocycles. The van der Waals surface area contributed by atoms with E-state index >= 15 is 0 Å². The fourth-order valence-corrected chi connectivity index (χ4v) is 5.85. The van der Waals surface area contributed by atoms with Crippen LogP contribution in [0.1, 0.15) is 39.0 Å². The van der Waals surface area contributed by atoms with Gasteiger partial charge in [0.2, 0.25) is 0 Å². The van der Waals surface area contributed by atoms with Crippen LogP contribution in [0.25, 0.3) is 0 Å². The molecule has 4 fully saturated rings. The topological polar surface area (TPSA) is 44.4 Å². The molecule has 5 heteroatoms. The van der Waals surface area contributed by atoms with Crippen LogP contribution in [-0.4, -0.2) is 55.2 Å². The number of fused-ring (bicyclic) bond motifs is 1. The molecule has 1 aliphatic carbocycles. The van der Waals surface area contributed by atoms with Crippen LogP contribution in [-0.2, 0) is 4.79 Å². The molecule has 0 aromatic carbocycles. The fourth-order valence-electron chi connectivity index (χ4n) is 5.85. The number of aldehydes is 1. The highest BCUT2D eigenvalue weighted by atomic mass is 19.1. The van der Waals surface area contributed by atoms with Gasteiger partial charge < -0.3 is 10.1 Å². The molecule has 8 unspecified atom stereocenters. The van der Waals surface area contributed by atoms with Crippen LogP contribution in [0.5, 0.6) is 0 Å². The zero-order chi connectivity index (χ0) is 16.0. The number of hydrogen-bond acceptors (Lipinski definition) is 4. The number of nitrogens with one attached hydrogen (secondary N) is 2. The molecule has 1 saturated carbocycles. The van der Waals surface area contributed by atoms with Crippen molar-refractivity contribution in [3.63, 3.8) is 0 Å². The van der Waals surface area contributed by atoms with Crippen molar-refractivity contribution in [1.82, 2.24) is 15.5 Å². The lowest BCUT2D eigenvalue weighted by Gasteiger charge is -2.37. The smallest absolute Gasteiger partial charge is 0.151 e. The Balaban J connectivity index is 1.42. The van der Waals surface area contributed by atoms with Crippen molar-refractivity contribution in [2.75, 3.05) is 19.6 Å². The minimum absolute atomic E-state index is 0.0696. The third-order valence-corrected chi connectivity index (χ3v) is 7.08. The van der Waals surface area contributed by atoms with Crippen molar-refractivity contribution >= 4 is 6.29 Å². The maximum atomic E-state index is 13.8. The molecule has 3 heterocycles. The molecule has 0 amide bonds. The standard InChI is InChI=1S/C18H30FN3O/c1-11-6-12(2-3-16(11)19)18-15(4-5-20-18)13-7-14-8-21-17(10-23)22(14)9-13/h10-18,20-21H,2-9H2,1H3. The average Bonchev–Trinajstić information content (AvgIpc) is 3.23. The second-order valence-corrected chi connectivity index (χ2v) is 8.33. The zero-order valence-corrected chi connectivity index (χ0v) is 14.1. The second kappa shape index (κ2) is 6.41. The van der Waals surface area contributed by atoms with Crippen LogP contribution in [0.15, 0.2) is 0 Å². The molecule has 2 N–H and O–H groups in total. The maximum absolute atomic E-state index is 13.8. The minimum Gasteiger partial charge on any atom is -0.313 e. The van der Waals surface area contributed by atoms with E-state index in [1.165, 1.54) is 12.8 Å². The Labute approximate surface area is 138 Å². The molecule has 0 bridgehead atoms. The van der Waals surface area contributed by atoms with Gasteiger partial charge in [-0.3, -0.25) is 10.2 Å². The Hall–Kier alpha value is -0.520. The number of carbonyl (C=O) groups is 1. The van der Waals surface area contributed by atoms with E-state index in [2.05, 4.69) is 22.5 Å². The van der Waals surface area contributed by atoms with Crippen LogP contribution in [0.4, 0.5) is 4.39 Å². The van der Waals surface area contributed by atoms with Gasteiger partial charge >= 0.3 is 0 Å². The molecule has 4 rings (SSSR count). The van der Waals surface area contributed by atoms with Gasteiger partial charge in [0.25, 0.3) is 0 Å². The summed E-state index contributed by atoms with van der Waals surface area (Å²) in [4.78, 5) is 13.6. The van der Waals surface area contributed by atoms with E-state index in [-0.39, 0.29) is 12.1 Å². The highest BCUT2D eigenvalue weighted by Gasteiger charge is 2.47. The van der Waals surface area contributed by atoms with E-state index in [1.54, 1.807) is 0 Å². The summed E-state index contributed by atoms with van der Waals surface area (Å²) in [6.07, 6.45) is 5.67. The molecular formula is C18H30FN3O. The van der Waals surface area contributed by atoms with Crippen LogP contribution < -0.4 is 10.6 Å². The van der Waals surface area contributed by atoms with Gasteiger partial charge in [0.15, 0.2) is 6.29 Å². The second-order valence-electron chi connectivity index (χ2n) is 8.33. The quantitative estimate of drug-likeness (QED) is 0.774. The molecule has 4 nitrogen and oxygen atoms in total. The van der Waals surface area contributed by atoms with Crippen molar-refractivity contribution in [2.45, 2.75) is 63.4 Å². The normalized spacial score (nSPS) is 51.0. The molecular weight excluding hydrogens is 293 g/mol. The van der Waals surface area contributed by atoms with E-state index in [4.69, 9.17) is 0 Å². The van der Waals surface area contributed by atoms with E-state index in [0.717, 1.165) is 45.2 Å². The lowest BCUT2D eigenvalue weighted by atomic mass is 9.71. The Morgan fingerprint density at radius 1 is 1.13 bits per heavy atom. The largest absolute Gasteiger partial charge is 0.313 e. The molecule has 4 aliphatic rings. The number of alkyl halides is 1. The Bertz CT molecular complexity index is 448. The highest BCUT2D eigenvalue weighted by molar-refractivity contribution is 5.57. The number of carbonyl (C=O) groups excluding carboxylic acids is 1. The van der Waals surface area contributed by atoms with Crippen molar-refractivity contribution in [3.8, 4) is 0 Å². The van der Waals surface area contributed by atoms with E-state index in [1.807, 2.05) is 0 Å². The Morgan fingerprint density at radius 3 is 2.78 bits per heavy atom. The summed E-state index contributed by atoms with van der Waals surface area (Å²) in [6.45, 7) is 5.19. The van der Waals surface area contributed by atoms with Gasteiger partial charge in [0, 0.05) is 25.2 Å². The summed E-state index contributed by atoms with van der Waals surface area (Å²) in [6, 6.07) is 1.11. The van der Waals surface area contributed by atoms with Crippen molar-refractivity contribution < 1.29 is 9.18 Å². The van der Waals surface area contributed by atoms with Crippen LogP contribution in [0.2, 0.25) is 0 Å². The highest BCUT2D eigenvalue weighted by Crippen LogP contribution is 2.43. The Kier molecular flexibility index (Phi) is 4.45. The molecule has 0 aromatic heterocycles. The summed E-state index contributed by atoms with van der Waals surface area (Å²) in [7, 11) is 0. The van der Waals surface area contributed by atoms with Gasteiger partial charge in [-0.05, 0) is 62.3 Å². The van der Waals surface area contributed by atoms with E-state index < -0.39 is 6.17 Å². The summed E-state index contributed by atoms with van der Waals surface area (Å²) in [5, 5.41) is 7.06. The van der Waals surface area contributed by atoms with Crippen molar-refractivity contribution in [1.29, 1.82) is 0 Å². The van der Waals surface area contributed by atoms with Gasteiger partial charge in [0.05, 0.1) is 0 Å². The fraction of sp³-hybridized carbons (Fsp3) is 0.944. The first-order chi connectivity index (χ1) is 11.2. The van der Waals surface area contributed by atoms with Gasteiger partial charge in [-0.15, -0.1) is 0 Å². The lowest BCUT2D eigenvalue weighted by molar-refractivity contribution is -0.112. The molecule has 0 radical (unpaired) electrons. The summed E-state index contributed by atoms with van der Waals surface area (Å²) in [5.74, 6) is 2.26. The molecule has 0 spiro atoms. The van der Waals surface area contributed by atoms with Crippen LogP contribution in [0, 0.1) is 23.7 Å². The number of rotatable bonds is 3. The van der Waals surface area contributed by atoms with Crippen molar-refractivity contribution in [3.05, 3.63) is 0 Å². The number of halogens is 1. The Morgan fingerprint density at radius 2 is 2.00 bits per heavy atom. The van der Waals surface area contributed by atoms with Gasteiger partial charge in [0.1, 0.15) is 12.3 Å². The summed E-state index contributed by atoms with van der Waals surface area (Å²) in [5.41, 5.74) is 0. The monoisotopic (exact) mass is 323 g/mol.